The number of aryl methyl sites for hydroxylation is 1. The van der Waals surface area contributed by atoms with Gasteiger partial charge < -0.3 is 9.88 Å². The van der Waals surface area contributed by atoms with Crippen LogP contribution in [-0.2, 0) is 11.2 Å². The minimum atomic E-state index is -0.268. The Labute approximate surface area is 171 Å². The van der Waals surface area contributed by atoms with E-state index >= 15 is 0 Å². The van der Waals surface area contributed by atoms with Crippen LogP contribution in [0.25, 0.3) is 10.9 Å². The molecule has 0 saturated carbocycles. The number of amides is 1. The van der Waals surface area contributed by atoms with Crippen molar-refractivity contribution in [3.63, 3.8) is 0 Å². The number of aromatic nitrogens is 1. The van der Waals surface area contributed by atoms with E-state index in [1.54, 1.807) is 6.07 Å². The summed E-state index contributed by atoms with van der Waals surface area (Å²) < 4.78 is 13.5. The highest BCUT2D eigenvalue weighted by molar-refractivity contribution is 5.93. The molecule has 1 atom stereocenters. The minimum Gasteiger partial charge on any atom is -0.358 e. The highest BCUT2D eigenvalue weighted by Gasteiger charge is 2.28. The van der Waals surface area contributed by atoms with Gasteiger partial charge in [0, 0.05) is 49.3 Å². The second kappa shape index (κ2) is 8.37. The van der Waals surface area contributed by atoms with Crippen LogP contribution in [0.5, 0.6) is 0 Å². The molecule has 0 radical (unpaired) electrons. The fourth-order valence-corrected chi connectivity index (χ4v) is 4.41. The number of aromatic amines is 1. The Bertz CT molecular complexity index is 990. The molecule has 1 fully saturated rings. The molecule has 1 aliphatic rings. The predicted octanol–water partition coefficient (Wildman–Crippen LogP) is 4.11. The summed E-state index contributed by atoms with van der Waals surface area (Å²) >= 11 is 0. The standard InChI is InChI=1S/C24H28FN3O/c1-17(23-18(2)26-22-16-20(25)8-9-21(22)23)24(29)28-14-12-27(13-15-28)11-10-19-6-4-3-5-7-19/h3-9,16-17,26H,10-15H2,1-2H3. The number of carbonyl (C=O) groups is 1. The molecule has 0 spiro atoms. The third-order valence-electron chi connectivity index (χ3n) is 6.04. The maximum Gasteiger partial charge on any atom is 0.230 e. The molecule has 0 aliphatic carbocycles. The fourth-order valence-electron chi connectivity index (χ4n) is 4.41. The second-order valence-corrected chi connectivity index (χ2v) is 7.98. The van der Waals surface area contributed by atoms with Gasteiger partial charge in [0.15, 0.2) is 0 Å². The average Bonchev–Trinajstić information content (AvgIpc) is 3.07. The van der Waals surface area contributed by atoms with Crippen molar-refractivity contribution in [3.8, 4) is 0 Å². The quantitative estimate of drug-likeness (QED) is 0.709. The number of halogens is 1. The zero-order valence-electron chi connectivity index (χ0n) is 17.1. The largest absolute Gasteiger partial charge is 0.358 e. The van der Waals surface area contributed by atoms with Crippen molar-refractivity contribution in [2.45, 2.75) is 26.2 Å². The first kappa shape index (κ1) is 19.6. The first-order chi connectivity index (χ1) is 14.0. The van der Waals surface area contributed by atoms with Crippen molar-refractivity contribution in [1.29, 1.82) is 0 Å². The summed E-state index contributed by atoms with van der Waals surface area (Å²) in [4.78, 5) is 20.8. The van der Waals surface area contributed by atoms with Gasteiger partial charge in [0.25, 0.3) is 0 Å². The Morgan fingerprint density at radius 2 is 1.83 bits per heavy atom. The third kappa shape index (κ3) is 4.20. The molecule has 29 heavy (non-hydrogen) atoms. The Hall–Kier alpha value is -2.66. The summed E-state index contributed by atoms with van der Waals surface area (Å²) in [7, 11) is 0. The Morgan fingerprint density at radius 3 is 2.55 bits per heavy atom. The molecule has 1 saturated heterocycles. The smallest absolute Gasteiger partial charge is 0.230 e. The van der Waals surface area contributed by atoms with Crippen LogP contribution in [0.1, 0.15) is 29.7 Å². The molecule has 1 aromatic heterocycles. The molecule has 152 valence electrons. The average molecular weight is 394 g/mol. The molecule has 5 heteroatoms. The number of carbonyl (C=O) groups excluding carboxylic acids is 1. The molecule has 2 aromatic carbocycles. The summed E-state index contributed by atoms with van der Waals surface area (Å²) in [6.07, 6.45) is 1.04. The maximum atomic E-state index is 13.5. The molecule has 0 bridgehead atoms. The lowest BCUT2D eigenvalue weighted by Gasteiger charge is -2.36. The Morgan fingerprint density at radius 1 is 1.10 bits per heavy atom. The van der Waals surface area contributed by atoms with Crippen LogP contribution in [-0.4, -0.2) is 53.4 Å². The lowest BCUT2D eigenvalue weighted by molar-refractivity contribution is -0.134. The molecule has 2 heterocycles. The minimum absolute atomic E-state index is 0.154. The molecule has 4 rings (SSSR count). The topological polar surface area (TPSA) is 39.3 Å². The van der Waals surface area contributed by atoms with Crippen molar-refractivity contribution >= 4 is 16.8 Å². The zero-order chi connectivity index (χ0) is 20.4. The number of rotatable bonds is 5. The van der Waals surface area contributed by atoms with E-state index in [4.69, 9.17) is 0 Å². The van der Waals surface area contributed by atoms with E-state index in [0.29, 0.717) is 0 Å². The van der Waals surface area contributed by atoms with E-state index in [9.17, 15) is 9.18 Å². The van der Waals surface area contributed by atoms with Crippen molar-refractivity contribution in [2.24, 2.45) is 0 Å². The Kier molecular flexibility index (Phi) is 5.67. The summed E-state index contributed by atoms with van der Waals surface area (Å²) in [5.41, 5.74) is 4.03. The molecule has 1 N–H and O–H groups in total. The van der Waals surface area contributed by atoms with E-state index in [0.717, 1.165) is 61.3 Å². The highest BCUT2D eigenvalue weighted by Crippen LogP contribution is 2.31. The second-order valence-electron chi connectivity index (χ2n) is 7.98. The first-order valence-electron chi connectivity index (χ1n) is 10.4. The van der Waals surface area contributed by atoms with Gasteiger partial charge in [-0.25, -0.2) is 4.39 Å². The number of nitrogens with zero attached hydrogens (tertiary/aromatic N) is 2. The van der Waals surface area contributed by atoms with E-state index in [1.807, 2.05) is 24.8 Å². The lowest BCUT2D eigenvalue weighted by Crippen LogP contribution is -2.50. The number of fused-ring (bicyclic) bond motifs is 1. The van der Waals surface area contributed by atoms with Gasteiger partial charge in [0.05, 0.1) is 5.92 Å². The van der Waals surface area contributed by atoms with Crippen molar-refractivity contribution in [2.75, 3.05) is 32.7 Å². The van der Waals surface area contributed by atoms with Crippen LogP contribution >= 0.6 is 0 Å². The van der Waals surface area contributed by atoms with Crippen molar-refractivity contribution in [1.82, 2.24) is 14.8 Å². The van der Waals surface area contributed by atoms with Gasteiger partial charge in [-0.1, -0.05) is 30.3 Å². The Balaban J connectivity index is 1.38. The van der Waals surface area contributed by atoms with Gasteiger partial charge in [-0.15, -0.1) is 0 Å². The van der Waals surface area contributed by atoms with Crippen LogP contribution in [0.3, 0.4) is 0 Å². The molecule has 3 aromatic rings. The van der Waals surface area contributed by atoms with Gasteiger partial charge in [-0.2, -0.15) is 0 Å². The van der Waals surface area contributed by atoms with Crippen molar-refractivity contribution < 1.29 is 9.18 Å². The molecule has 1 aliphatic heterocycles. The monoisotopic (exact) mass is 393 g/mol. The lowest BCUT2D eigenvalue weighted by atomic mass is 9.96. The van der Waals surface area contributed by atoms with Gasteiger partial charge in [0.2, 0.25) is 5.91 Å². The summed E-state index contributed by atoms with van der Waals surface area (Å²) in [5, 5.41) is 0.936. The van der Waals surface area contributed by atoms with E-state index in [-0.39, 0.29) is 17.6 Å². The third-order valence-corrected chi connectivity index (χ3v) is 6.04. The van der Waals surface area contributed by atoms with Gasteiger partial charge in [-0.3, -0.25) is 9.69 Å². The molecular weight excluding hydrogens is 365 g/mol. The fraction of sp³-hybridized carbons (Fsp3) is 0.375. The number of piperazine rings is 1. The van der Waals surface area contributed by atoms with E-state index in [2.05, 4.69) is 34.1 Å². The van der Waals surface area contributed by atoms with Crippen LogP contribution in [0.4, 0.5) is 4.39 Å². The molecule has 1 unspecified atom stereocenters. The number of benzene rings is 2. The number of nitrogens with one attached hydrogen (secondary N) is 1. The van der Waals surface area contributed by atoms with Gasteiger partial charge in [0.1, 0.15) is 5.82 Å². The van der Waals surface area contributed by atoms with Gasteiger partial charge in [-0.05, 0) is 49.6 Å². The number of hydrogen-bond donors (Lipinski definition) is 1. The van der Waals surface area contributed by atoms with Crippen LogP contribution < -0.4 is 0 Å². The van der Waals surface area contributed by atoms with Crippen LogP contribution in [0, 0.1) is 12.7 Å². The predicted molar refractivity (Wildman–Crippen MR) is 115 cm³/mol. The van der Waals surface area contributed by atoms with Crippen molar-refractivity contribution in [3.05, 3.63) is 71.2 Å². The first-order valence-corrected chi connectivity index (χ1v) is 10.4. The van der Waals surface area contributed by atoms with Crippen LogP contribution in [0.2, 0.25) is 0 Å². The zero-order valence-corrected chi connectivity index (χ0v) is 17.1. The number of hydrogen-bond acceptors (Lipinski definition) is 2. The normalized spacial score (nSPS) is 16.3. The SMILES string of the molecule is Cc1[nH]c2cc(F)ccc2c1C(C)C(=O)N1CCN(CCc2ccccc2)CC1. The maximum absolute atomic E-state index is 13.5. The summed E-state index contributed by atoms with van der Waals surface area (Å²) in [6.45, 7) is 8.27. The van der Waals surface area contributed by atoms with E-state index in [1.165, 1.54) is 17.7 Å². The van der Waals surface area contributed by atoms with Gasteiger partial charge >= 0.3 is 0 Å². The molecule has 1 amide bonds. The number of H-pyrrole nitrogens is 1. The van der Waals surface area contributed by atoms with E-state index < -0.39 is 0 Å². The highest BCUT2D eigenvalue weighted by atomic mass is 19.1. The molecule has 4 nitrogen and oxygen atoms in total. The van der Waals surface area contributed by atoms with Crippen LogP contribution in [0.15, 0.2) is 48.5 Å². The summed E-state index contributed by atoms with van der Waals surface area (Å²) in [6, 6.07) is 15.3. The summed E-state index contributed by atoms with van der Waals surface area (Å²) in [5.74, 6) is -0.359. The molecular formula is C24H28FN3O.